The number of carbonyl (C=O) groups excluding carboxylic acids is 1. The van der Waals surface area contributed by atoms with Crippen molar-refractivity contribution in [1.82, 2.24) is 24.9 Å². The van der Waals surface area contributed by atoms with Crippen molar-refractivity contribution in [3.05, 3.63) is 82.7 Å². The lowest BCUT2D eigenvalue weighted by Gasteiger charge is -2.20. The van der Waals surface area contributed by atoms with Gasteiger partial charge in [-0.2, -0.15) is 5.10 Å². The zero-order valence-corrected chi connectivity index (χ0v) is 19.9. The molecule has 0 atom stereocenters. The average Bonchev–Trinajstić information content (AvgIpc) is 3.32. The van der Waals surface area contributed by atoms with Crippen molar-refractivity contribution in [2.45, 2.75) is 25.6 Å². The van der Waals surface area contributed by atoms with E-state index in [-0.39, 0.29) is 28.3 Å². The molecule has 4 rings (SSSR count). The third-order valence-corrected chi connectivity index (χ3v) is 5.97. The molecular weight excluding hydrogens is 450 g/mol. The standard InChI is InChI=1S/C25H25N5O3S/c1-4-29(14-17(2)3)21(31)16-34-25-27-26-23(33-25)22-19-12-8-9-13-20(19)24(32)30(28-22)15-18-10-6-5-7-11-18/h5-13H,2,4,14-16H2,1,3H3. The molecule has 9 heteroatoms. The van der Waals surface area contributed by atoms with Gasteiger partial charge in [0.2, 0.25) is 5.91 Å². The van der Waals surface area contributed by atoms with Crippen molar-refractivity contribution >= 4 is 28.4 Å². The van der Waals surface area contributed by atoms with Crippen LogP contribution in [0.2, 0.25) is 0 Å². The maximum atomic E-state index is 13.0. The van der Waals surface area contributed by atoms with Gasteiger partial charge in [-0.25, -0.2) is 4.68 Å². The molecule has 0 fully saturated rings. The van der Waals surface area contributed by atoms with Crippen LogP contribution in [0.3, 0.4) is 0 Å². The van der Waals surface area contributed by atoms with Gasteiger partial charge >= 0.3 is 0 Å². The highest BCUT2D eigenvalue weighted by Crippen LogP contribution is 2.27. The van der Waals surface area contributed by atoms with Crippen LogP contribution in [0.5, 0.6) is 0 Å². The first-order chi connectivity index (χ1) is 16.5. The van der Waals surface area contributed by atoms with Gasteiger partial charge in [0.1, 0.15) is 0 Å². The smallest absolute Gasteiger partial charge is 0.277 e. The number of benzene rings is 2. The molecule has 2 heterocycles. The quantitative estimate of drug-likeness (QED) is 0.267. The highest BCUT2D eigenvalue weighted by atomic mass is 32.2. The van der Waals surface area contributed by atoms with Crippen molar-refractivity contribution < 1.29 is 9.21 Å². The first kappa shape index (κ1) is 23.4. The van der Waals surface area contributed by atoms with Gasteiger partial charge in [0.05, 0.1) is 17.7 Å². The number of thioether (sulfide) groups is 1. The Labute approximate surface area is 201 Å². The van der Waals surface area contributed by atoms with Gasteiger partial charge in [-0.15, -0.1) is 10.2 Å². The molecular formula is C25H25N5O3S. The summed E-state index contributed by atoms with van der Waals surface area (Å²) in [6, 6.07) is 16.9. The molecule has 0 aliphatic rings. The summed E-state index contributed by atoms with van der Waals surface area (Å²) in [7, 11) is 0. The van der Waals surface area contributed by atoms with Gasteiger partial charge in [-0.1, -0.05) is 72.4 Å². The maximum Gasteiger partial charge on any atom is 0.277 e. The topological polar surface area (TPSA) is 94.1 Å². The van der Waals surface area contributed by atoms with Crippen molar-refractivity contribution in [2.75, 3.05) is 18.8 Å². The Balaban J connectivity index is 1.61. The van der Waals surface area contributed by atoms with E-state index >= 15 is 0 Å². The van der Waals surface area contributed by atoms with Crippen LogP contribution in [0, 0.1) is 0 Å². The Kier molecular flexibility index (Phi) is 7.22. The molecule has 0 saturated carbocycles. The van der Waals surface area contributed by atoms with Crippen molar-refractivity contribution in [3.63, 3.8) is 0 Å². The summed E-state index contributed by atoms with van der Waals surface area (Å²) < 4.78 is 7.25. The fraction of sp³-hybridized carbons (Fsp3) is 0.240. The number of nitrogens with zero attached hydrogens (tertiary/aromatic N) is 5. The van der Waals surface area contributed by atoms with Gasteiger partial charge in [0, 0.05) is 18.5 Å². The number of rotatable bonds is 9. The Morgan fingerprint density at radius 3 is 2.50 bits per heavy atom. The van der Waals surface area contributed by atoms with E-state index in [2.05, 4.69) is 21.9 Å². The number of hydrogen-bond acceptors (Lipinski definition) is 7. The van der Waals surface area contributed by atoms with Crippen LogP contribution >= 0.6 is 11.8 Å². The molecule has 0 aliphatic heterocycles. The Morgan fingerprint density at radius 2 is 1.79 bits per heavy atom. The predicted molar refractivity (Wildman–Crippen MR) is 133 cm³/mol. The number of likely N-dealkylation sites (N-methyl/N-ethyl adjacent to an activating group) is 1. The summed E-state index contributed by atoms with van der Waals surface area (Å²) in [5.41, 5.74) is 2.10. The molecule has 4 aromatic rings. The van der Waals surface area contributed by atoms with Gasteiger partial charge in [0.15, 0.2) is 5.69 Å². The largest absolute Gasteiger partial charge is 0.409 e. The predicted octanol–water partition coefficient (Wildman–Crippen LogP) is 4.01. The van der Waals surface area contributed by atoms with Gasteiger partial charge in [-0.05, 0) is 25.5 Å². The number of carbonyl (C=O) groups is 1. The molecule has 0 aliphatic carbocycles. The molecule has 174 valence electrons. The molecule has 0 unspecified atom stereocenters. The molecule has 8 nitrogen and oxygen atoms in total. The van der Waals surface area contributed by atoms with Gasteiger partial charge in [0.25, 0.3) is 16.7 Å². The Hall–Kier alpha value is -3.72. The minimum absolute atomic E-state index is 0.0322. The molecule has 0 radical (unpaired) electrons. The SMILES string of the molecule is C=C(C)CN(CC)C(=O)CSc1nnc(-c2nn(Cc3ccccc3)c(=O)c3ccccc23)o1. The molecule has 0 bridgehead atoms. The fourth-order valence-corrected chi connectivity index (χ4v) is 4.20. The molecule has 1 amide bonds. The van der Waals surface area contributed by atoms with E-state index in [1.165, 1.54) is 16.4 Å². The molecule has 34 heavy (non-hydrogen) atoms. The zero-order chi connectivity index (χ0) is 24.1. The fourth-order valence-electron chi connectivity index (χ4n) is 3.54. The van der Waals surface area contributed by atoms with Crippen molar-refractivity contribution in [1.29, 1.82) is 0 Å². The number of fused-ring (bicyclic) bond motifs is 1. The van der Waals surface area contributed by atoms with E-state index in [9.17, 15) is 9.59 Å². The number of amides is 1. The summed E-state index contributed by atoms with van der Waals surface area (Å²) in [5, 5.41) is 14.2. The lowest BCUT2D eigenvalue weighted by molar-refractivity contribution is -0.127. The van der Waals surface area contributed by atoms with Crippen LogP contribution in [0.15, 0.2) is 81.2 Å². The molecule has 0 saturated heterocycles. The van der Waals surface area contributed by atoms with Crippen molar-refractivity contribution in [3.8, 4) is 11.6 Å². The summed E-state index contributed by atoms with van der Waals surface area (Å²) in [6.45, 7) is 9.12. The number of hydrogen-bond donors (Lipinski definition) is 0. The van der Waals surface area contributed by atoms with E-state index in [1.54, 1.807) is 11.0 Å². The third-order valence-electron chi connectivity index (χ3n) is 5.17. The van der Waals surface area contributed by atoms with Crippen LogP contribution in [0.4, 0.5) is 0 Å². The molecule has 2 aromatic carbocycles. The van der Waals surface area contributed by atoms with E-state index in [0.717, 1.165) is 11.1 Å². The van der Waals surface area contributed by atoms with Gasteiger partial charge in [-0.3, -0.25) is 9.59 Å². The normalized spacial score (nSPS) is 11.0. The Morgan fingerprint density at radius 1 is 1.09 bits per heavy atom. The molecule has 0 spiro atoms. The van der Waals surface area contributed by atoms with Crippen LogP contribution < -0.4 is 5.56 Å². The van der Waals surface area contributed by atoms with E-state index in [4.69, 9.17) is 4.42 Å². The second-order valence-electron chi connectivity index (χ2n) is 7.87. The summed E-state index contributed by atoms with van der Waals surface area (Å²) in [5.74, 6) is 0.335. The molecule has 0 N–H and O–H groups in total. The van der Waals surface area contributed by atoms with E-state index in [0.29, 0.717) is 36.1 Å². The second-order valence-corrected chi connectivity index (χ2v) is 8.80. The summed E-state index contributed by atoms with van der Waals surface area (Å²) in [6.07, 6.45) is 0. The minimum atomic E-state index is -0.194. The summed E-state index contributed by atoms with van der Waals surface area (Å²) in [4.78, 5) is 27.3. The third kappa shape index (κ3) is 5.26. The first-order valence-corrected chi connectivity index (χ1v) is 11.9. The second kappa shape index (κ2) is 10.5. The average molecular weight is 476 g/mol. The van der Waals surface area contributed by atoms with Crippen LogP contribution in [0.1, 0.15) is 19.4 Å². The zero-order valence-electron chi connectivity index (χ0n) is 19.1. The highest BCUT2D eigenvalue weighted by Gasteiger charge is 2.19. The number of aromatic nitrogens is 4. The maximum absolute atomic E-state index is 13.0. The lowest BCUT2D eigenvalue weighted by atomic mass is 10.1. The van der Waals surface area contributed by atoms with Crippen LogP contribution in [-0.2, 0) is 11.3 Å². The van der Waals surface area contributed by atoms with Crippen LogP contribution in [-0.4, -0.2) is 49.6 Å². The van der Waals surface area contributed by atoms with Crippen molar-refractivity contribution in [2.24, 2.45) is 0 Å². The van der Waals surface area contributed by atoms with Crippen LogP contribution in [0.25, 0.3) is 22.4 Å². The first-order valence-electron chi connectivity index (χ1n) is 10.9. The molecule has 2 aromatic heterocycles. The lowest BCUT2D eigenvalue weighted by Crippen LogP contribution is -2.33. The minimum Gasteiger partial charge on any atom is -0.409 e. The van der Waals surface area contributed by atoms with E-state index in [1.807, 2.05) is 62.4 Å². The monoisotopic (exact) mass is 475 g/mol. The van der Waals surface area contributed by atoms with Gasteiger partial charge < -0.3 is 9.32 Å². The summed E-state index contributed by atoms with van der Waals surface area (Å²) >= 11 is 1.17. The van der Waals surface area contributed by atoms with E-state index < -0.39 is 0 Å². The highest BCUT2D eigenvalue weighted by molar-refractivity contribution is 7.99. The Bertz CT molecular complexity index is 1380.